The van der Waals surface area contributed by atoms with Crippen molar-refractivity contribution < 1.29 is 4.57 Å². The molecule has 0 spiro atoms. The largest absolute Gasteiger partial charge is 0.208 e. The van der Waals surface area contributed by atoms with Crippen LogP contribution in [0.2, 0.25) is 0 Å². The smallest absolute Gasteiger partial charge is 0.168 e. The first kappa shape index (κ1) is 11.9. The summed E-state index contributed by atoms with van der Waals surface area (Å²) < 4.78 is 2.00. The van der Waals surface area contributed by atoms with E-state index in [2.05, 4.69) is 0 Å². The molecule has 0 aliphatic rings. The maximum atomic E-state index is 2.00. The lowest BCUT2D eigenvalue weighted by atomic mass is 10.5. The van der Waals surface area contributed by atoms with E-state index in [9.17, 15) is 0 Å². The third-order valence-corrected chi connectivity index (χ3v) is 0.865. The number of aryl methyl sites for hydroxylation is 1. The monoisotopic (exact) mass is 140 g/mol. The van der Waals surface area contributed by atoms with Gasteiger partial charge >= 0.3 is 0 Å². The van der Waals surface area contributed by atoms with E-state index in [1.165, 1.54) is 0 Å². The highest BCUT2D eigenvalue weighted by Crippen LogP contribution is 1.71. The number of hydrogen-bond donors (Lipinski definition) is 0. The molecule has 1 aromatic heterocycles. The van der Waals surface area contributed by atoms with Gasteiger partial charge in [-0.25, -0.2) is 4.57 Å². The van der Waals surface area contributed by atoms with Gasteiger partial charge in [0, 0.05) is 12.1 Å². The number of hydrogen-bond acceptors (Lipinski definition) is 0. The van der Waals surface area contributed by atoms with E-state index < -0.39 is 0 Å². The summed E-state index contributed by atoms with van der Waals surface area (Å²) in [5, 5.41) is 0. The first-order valence-electron chi connectivity index (χ1n) is 3.30. The van der Waals surface area contributed by atoms with Gasteiger partial charge in [0.25, 0.3) is 0 Å². The quantitative estimate of drug-likeness (QED) is 0.486. The van der Waals surface area contributed by atoms with Crippen LogP contribution in [-0.4, -0.2) is 0 Å². The molecule has 0 amide bonds. The Balaban J connectivity index is 0. The Morgan fingerprint density at radius 3 is 1.50 bits per heavy atom. The molecule has 1 rings (SSSR count). The van der Waals surface area contributed by atoms with Crippen LogP contribution in [-0.2, 0) is 7.05 Å². The molecule has 0 aliphatic carbocycles. The summed E-state index contributed by atoms with van der Waals surface area (Å²) in [6.45, 7) is 4.00. The molecule has 0 atom stereocenters. The van der Waals surface area contributed by atoms with Crippen molar-refractivity contribution in [3.05, 3.63) is 30.6 Å². The van der Waals surface area contributed by atoms with Crippen molar-refractivity contribution in [3.63, 3.8) is 0 Å². The van der Waals surface area contributed by atoms with Crippen molar-refractivity contribution in [2.45, 2.75) is 21.3 Å². The number of rotatable bonds is 0. The number of aromatic nitrogens is 1. The first-order valence-corrected chi connectivity index (χ1v) is 3.30. The molecule has 0 aromatic carbocycles. The Hall–Kier alpha value is -0.850. The molecule has 1 heteroatoms. The first-order chi connectivity index (χ1) is 4.39. The van der Waals surface area contributed by atoms with Crippen LogP contribution in [0.25, 0.3) is 0 Å². The summed E-state index contributed by atoms with van der Waals surface area (Å²) in [5.41, 5.74) is 0. The molecule has 0 aliphatic heterocycles. The van der Waals surface area contributed by atoms with Crippen molar-refractivity contribution in [2.24, 2.45) is 7.05 Å². The van der Waals surface area contributed by atoms with Crippen LogP contribution in [0.4, 0.5) is 0 Å². The van der Waals surface area contributed by atoms with Gasteiger partial charge in [0.15, 0.2) is 12.4 Å². The van der Waals surface area contributed by atoms with Gasteiger partial charge in [-0.1, -0.05) is 27.3 Å². The predicted octanol–water partition coefficient (Wildman–Crippen LogP) is 2.17. The standard InChI is InChI=1S/C6H8N.C2H6.CH4/c1-7-5-3-2-4-6-7;1-2;/h2-6H,1H3;1-2H3;1H4/q+1;;. The topological polar surface area (TPSA) is 3.88 Å². The normalized spacial score (nSPS) is 6.70. The Morgan fingerprint density at radius 2 is 1.30 bits per heavy atom. The lowest BCUT2D eigenvalue weighted by Crippen LogP contribution is -2.25. The van der Waals surface area contributed by atoms with E-state index in [4.69, 9.17) is 0 Å². The van der Waals surface area contributed by atoms with Gasteiger partial charge in [0.2, 0.25) is 0 Å². The average Bonchev–Trinajstić information content (AvgIpc) is 1.94. The molecular formula is C9H18N+. The zero-order valence-electron chi connectivity index (χ0n) is 6.33. The van der Waals surface area contributed by atoms with Gasteiger partial charge in [-0.15, -0.1) is 0 Å². The van der Waals surface area contributed by atoms with Crippen LogP contribution in [0.3, 0.4) is 0 Å². The highest BCUT2D eigenvalue weighted by atomic mass is 14.9. The van der Waals surface area contributed by atoms with Crippen LogP contribution >= 0.6 is 0 Å². The van der Waals surface area contributed by atoms with Crippen LogP contribution in [0.15, 0.2) is 30.6 Å². The summed E-state index contributed by atoms with van der Waals surface area (Å²) in [5.74, 6) is 0. The fraction of sp³-hybridized carbons (Fsp3) is 0.444. The molecular weight excluding hydrogens is 122 g/mol. The van der Waals surface area contributed by atoms with Gasteiger partial charge < -0.3 is 0 Å². The van der Waals surface area contributed by atoms with Crippen LogP contribution in [0.1, 0.15) is 21.3 Å². The van der Waals surface area contributed by atoms with Gasteiger partial charge in [0.05, 0.1) is 0 Å². The second kappa shape index (κ2) is 8.15. The van der Waals surface area contributed by atoms with Crippen molar-refractivity contribution in [2.75, 3.05) is 0 Å². The second-order valence-electron chi connectivity index (χ2n) is 1.54. The minimum Gasteiger partial charge on any atom is -0.208 e. The van der Waals surface area contributed by atoms with Gasteiger partial charge in [0.1, 0.15) is 7.05 Å². The minimum atomic E-state index is 0. The van der Waals surface area contributed by atoms with E-state index in [0.717, 1.165) is 0 Å². The summed E-state index contributed by atoms with van der Waals surface area (Å²) >= 11 is 0. The number of pyridine rings is 1. The Morgan fingerprint density at radius 1 is 0.900 bits per heavy atom. The highest BCUT2D eigenvalue weighted by Gasteiger charge is 1.78. The Labute approximate surface area is 64.3 Å². The Kier molecular flexibility index (Phi) is 9.69. The summed E-state index contributed by atoms with van der Waals surface area (Å²) in [6, 6.07) is 6.00. The SMILES string of the molecule is C.CC.C[n+]1ccccc1. The molecule has 1 aromatic rings. The molecule has 0 radical (unpaired) electrons. The molecule has 1 nitrogen and oxygen atoms in total. The Bertz CT molecular complexity index is 135. The lowest BCUT2D eigenvalue weighted by Gasteiger charge is -1.77. The van der Waals surface area contributed by atoms with Crippen molar-refractivity contribution >= 4 is 0 Å². The van der Waals surface area contributed by atoms with E-state index in [1.807, 2.05) is 56.1 Å². The summed E-state index contributed by atoms with van der Waals surface area (Å²) in [7, 11) is 2.00. The molecule has 0 fully saturated rings. The fourth-order valence-electron chi connectivity index (χ4n) is 0.485. The summed E-state index contributed by atoms with van der Waals surface area (Å²) in [6.07, 6.45) is 4.00. The van der Waals surface area contributed by atoms with Gasteiger partial charge in [-0.05, 0) is 0 Å². The van der Waals surface area contributed by atoms with Crippen LogP contribution in [0, 0.1) is 0 Å². The fourth-order valence-corrected chi connectivity index (χ4v) is 0.485. The molecule has 0 saturated carbocycles. The maximum Gasteiger partial charge on any atom is 0.168 e. The van der Waals surface area contributed by atoms with Gasteiger partial charge in [-0.3, -0.25) is 0 Å². The minimum absolute atomic E-state index is 0. The molecule has 10 heavy (non-hydrogen) atoms. The number of nitrogens with zero attached hydrogens (tertiary/aromatic N) is 1. The van der Waals surface area contributed by atoms with E-state index in [0.29, 0.717) is 0 Å². The highest BCUT2D eigenvalue weighted by molar-refractivity contribution is 4.83. The molecule has 1 heterocycles. The van der Waals surface area contributed by atoms with Crippen molar-refractivity contribution in [1.29, 1.82) is 0 Å². The molecule has 0 bridgehead atoms. The van der Waals surface area contributed by atoms with E-state index in [-0.39, 0.29) is 7.43 Å². The second-order valence-corrected chi connectivity index (χ2v) is 1.54. The lowest BCUT2D eigenvalue weighted by molar-refractivity contribution is -0.671. The van der Waals surface area contributed by atoms with Crippen molar-refractivity contribution in [3.8, 4) is 0 Å². The maximum absolute atomic E-state index is 2.00. The van der Waals surface area contributed by atoms with Crippen LogP contribution in [0.5, 0.6) is 0 Å². The van der Waals surface area contributed by atoms with Crippen LogP contribution < -0.4 is 4.57 Å². The molecule has 58 valence electrons. The third-order valence-electron chi connectivity index (χ3n) is 0.865. The molecule has 0 N–H and O–H groups in total. The average molecular weight is 140 g/mol. The van der Waals surface area contributed by atoms with E-state index >= 15 is 0 Å². The van der Waals surface area contributed by atoms with Crippen molar-refractivity contribution in [1.82, 2.24) is 0 Å². The zero-order valence-corrected chi connectivity index (χ0v) is 6.33. The third kappa shape index (κ3) is 5.29. The molecule has 0 unspecified atom stereocenters. The zero-order chi connectivity index (χ0) is 7.11. The van der Waals surface area contributed by atoms with E-state index in [1.54, 1.807) is 0 Å². The van der Waals surface area contributed by atoms with Gasteiger partial charge in [-0.2, -0.15) is 0 Å². The molecule has 0 saturated heterocycles. The summed E-state index contributed by atoms with van der Waals surface area (Å²) in [4.78, 5) is 0. The predicted molar refractivity (Wildman–Crippen MR) is 45.7 cm³/mol.